The van der Waals surface area contributed by atoms with Crippen molar-refractivity contribution in [1.29, 1.82) is 0 Å². The van der Waals surface area contributed by atoms with Gasteiger partial charge in [0.15, 0.2) is 5.69 Å². The van der Waals surface area contributed by atoms with E-state index < -0.39 is 0 Å². The number of nitrogens with one attached hydrogen (secondary N) is 3. The monoisotopic (exact) mass is 306 g/mol. The maximum Gasteiger partial charge on any atom is 0.272 e. The molecular formula is C13H18N6OS. The van der Waals surface area contributed by atoms with E-state index in [2.05, 4.69) is 44.9 Å². The maximum atomic E-state index is 12.2. The number of fused-ring (bicyclic) bond motifs is 1. The molecule has 1 aliphatic heterocycles. The first-order valence-electron chi connectivity index (χ1n) is 7.02. The number of H-pyrrole nitrogens is 1. The van der Waals surface area contributed by atoms with E-state index in [0.717, 1.165) is 34.2 Å². The lowest BCUT2D eigenvalue weighted by atomic mass is 10.1. The lowest BCUT2D eigenvalue weighted by Gasteiger charge is -2.12. The van der Waals surface area contributed by atoms with Gasteiger partial charge in [0.2, 0.25) is 0 Å². The van der Waals surface area contributed by atoms with Crippen LogP contribution < -0.4 is 10.6 Å². The third-order valence-corrected chi connectivity index (χ3v) is 4.62. The lowest BCUT2D eigenvalue weighted by Crippen LogP contribution is -2.28. The molecule has 3 heterocycles. The molecule has 0 radical (unpaired) electrons. The molecule has 0 bridgehead atoms. The van der Waals surface area contributed by atoms with Crippen molar-refractivity contribution >= 4 is 17.2 Å². The summed E-state index contributed by atoms with van der Waals surface area (Å²) in [6.07, 6.45) is 0.879. The quantitative estimate of drug-likeness (QED) is 0.782. The van der Waals surface area contributed by atoms with Gasteiger partial charge >= 0.3 is 0 Å². The zero-order chi connectivity index (χ0) is 14.8. The van der Waals surface area contributed by atoms with Gasteiger partial charge in [0, 0.05) is 36.7 Å². The van der Waals surface area contributed by atoms with Crippen LogP contribution in [0.15, 0.2) is 0 Å². The number of amides is 1. The van der Waals surface area contributed by atoms with E-state index in [0.29, 0.717) is 24.7 Å². The third-order valence-electron chi connectivity index (χ3n) is 3.40. The molecule has 7 nitrogen and oxygen atoms in total. The molecule has 0 atom stereocenters. The van der Waals surface area contributed by atoms with Crippen LogP contribution in [0.2, 0.25) is 0 Å². The second kappa shape index (κ2) is 5.90. The molecule has 0 aromatic carbocycles. The van der Waals surface area contributed by atoms with E-state index in [-0.39, 0.29) is 5.91 Å². The van der Waals surface area contributed by atoms with Crippen molar-refractivity contribution < 1.29 is 4.79 Å². The molecule has 0 aliphatic carbocycles. The Balaban J connectivity index is 1.65. The van der Waals surface area contributed by atoms with E-state index in [4.69, 9.17) is 0 Å². The third kappa shape index (κ3) is 2.96. The zero-order valence-electron chi connectivity index (χ0n) is 12.1. The van der Waals surface area contributed by atoms with Crippen LogP contribution in [0.3, 0.4) is 0 Å². The molecule has 1 amide bonds. The molecule has 3 rings (SSSR count). The molecule has 2 aromatic rings. The van der Waals surface area contributed by atoms with Crippen molar-refractivity contribution in [2.45, 2.75) is 39.3 Å². The van der Waals surface area contributed by atoms with E-state index in [9.17, 15) is 4.79 Å². The minimum Gasteiger partial charge on any atom is -0.344 e. The van der Waals surface area contributed by atoms with Crippen molar-refractivity contribution in [1.82, 2.24) is 31.0 Å². The normalized spacial score (nSPS) is 14.2. The number of carbonyl (C=O) groups is 1. The molecule has 0 spiro atoms. The Bertz CT molecular complexity index is 647. The highest BCUT2D eigenvalue weighted by Gasteiger charge is 2.21. The SMILES string of the molecule is CC(C)c1nnc(CNC(=O)c2n[nH]c3c2CNCC3)s1. The Morgan fingerprint density at radius 1 is 1.43 bits per heavy atom. The van der Waals surface area contributed by atoms with Crippen molar-refractivity contribution in [3.8, 4) is 0 Å². The fourth-order valence-electron chi connectivity index (χ4n) is 2.22. The highest BCUT2D eigenvalue weighted by Crippen LogP contribution is 2.19. The minimum absolute atomic E-state index is 0.169. The Morgan fingerprint density at radius 2 is 2.29 bits per heavy atom. The first kappa shape index (κ1) is 14.2. The predicted molar refractivity (Wildman–Crippen MR) is 79.2 cm³/mol. The van der Waals surface area contributed by atoms with Crippen LogP contribution in [0.5, 0.6) is 0 Å². The molecule has 112 valence electrons. The van der Waals surface area contributed by atoms with Gasteiger partial charge in [-0.1, -0.05) is 25.2 Å². The van der Waals surface area contributed by atoms with Gasteiger partial charge in [-0.25, -0.2) is 0 Å². The number of hydrogen-bond donors (Lipinski definition) is 3. The minimum atomic E-state index is -0.169. The van der Waals surface area contributed by atoms with Crippen molar-refractivity contribution in [2.24, 2.45) is 0 Å². The first-order chi connectivity index (χ1) is 10.1. The molecule has 8 heteroatoms. The van der Waals surface area contributed by atoms with Gasteiger partial charge < -0.3 is 10.6 Å². The Labute approximate surface area is 126 Å². The van der Waals surface area contributed by atoms with Crippen LogP contribution in [0.4, 0.5) is 0 Å². The average molecular weight is 306 g/mol. The predicted octanol–water partition coefficient (Wildman–Crippen LogP) is 0.960. The van der Waals surface area contributed by atoms with Crippen molar-refractivity contribution in [2.75, 3.05) is 6.54 Å². The molecular weight excluding hydrogens is 288 g/mol. The van der Waals surface area contributed by atoms with Crippen LogP contribution in [0, 0.1) is 0 Å². The Kier molecular flexibility index (Phi) is 3.98. The molecule has 21 heavy (non-hydrogen) atoms. The van der Waals surface area contributed by atoms with Gasteiger partial charge in [0.25, 0.3) is 5.91 Å². The zero-order valence-corrected chi connectivity index (χ0v) is 12.9. The van der Waals surface area contributed by atoms with Gasteiger partial charge in [-0.3, -0.25) is 9.89 Å². The first-order valence-corrected chi connectivity index (χ1v) is 7.84. The number of rotatable bonds is 4. The number of aromatic amines is 1. The Morgan fingerprint density at radius 3 is 3.05 bits per heavy atom. The van der Waals surface area contributed by atoms with Crippen LogP contribution in [0.1, 0.15) is 51.5 Å². The number of nitrogens with zero attached hydrogens (tertiary/aromatic N) is 3. The second-order valence-electron chi connectivity index (χ2n) is 5.33. The van der Waals surface area contributed by atoms with Crippen LogP contribution in [0.25, 0.3) is 0 Å². The number of aromatic nitrogens is 4. The molecule has 1 aliphatic rings. The van der Waals surface area contributed by atoms with Gasteiger partial charge in [0.1, 0.15) is 10.0 Å². The summed E-state index contributed by atoms with van der Waals surface area (Å²) in [5.41, 5.74) is 2.50. The summed E-state index contributed by atoms with van der Waals surface area (Å²) in [5.74, 6) is 0.189. The largest absolute Gasteiger partial charge is 0.344 e. The molecule has 2 aromatic heterocycles. The fourth-order valence-corrected chi connectivity index (χ4v) is 3.01. The molecule has 0 saturated carbocycles. The van der Waals surface area contributed by atoms with E-state index >= 15 is 0 Å². The highest BCUT2D eigenvalue weighted by molar-refractivity contribution is 7.11. The van der Waals surface area contributed by atoms with Crippen LogP contribution in [-0.4, -0.2) is 32.8 Å². The lowest BCUT2D eigenvalue weighted by molar-refractivity contribution is 0.0944. The van der Waals surface area contributed by atoms with Gasteiger partial charge in [0.05, 0.1) is 6.54 Å². The second-order valence-corrected chi connectivity index (χ2v) is 6.42. The molecule has 0 saturated heterocycles. The summed E-state index contributed by atoms with van der Waals surface area (Å²) in [6.45, 7) is 6.14. The summed E-state index contributed by atoms with van der Waals surface area (Å²) >= 11 is 1.53. The molecule has 0 fully saturated rings. The number of carbonyl (C=O) groups excluding carboxylic acids is 1. The summed E-state index contributed by atoms with van der Waals surface area (Å²) < 4.78 is 0. The highest BCUT2D eigenvalue weighted by atomic mass is 32.1. The molecule has 3 N–H and O–H groups in total. The van der Waals surface area contributed by atoms with Gasteiger partial charge in [-0.2, -0.15) is 5.10 Å². The van der Waals surface area contributed by atoms with Crippen molar-refractivity contribution in [3.63, 3.8) is 0 Å². The summed E-state index contributed by atoms with van der Waals surface area (Å²) in [6, 6.07) is 0. The maximum absolute atomic E-state index is 12.2. The number of hydrogen-bond acceptors (Lipinski definition) is 6. The smallest absolute Gasteiger partial charge is 0.272 e. The van der Waals surface area contributed by atoms with Gasteiger partial charge in [-0.15, -0.1) is 10.2 Å². The summed E-state index contributed by atoms with van der Waals surface area (Å²) in [5, 5.41) is 23.2. The molecule has 0 unspecified atom stereocenters. The van der Waals surface area contributed by atoms with Gasteiger partial charge in [-0.05, 0) is 0 Å². The standard InChI is InChI=1S/C13H18N6OS/c1-7(2)13-19-17-10(21-13)6-15-12(20)11-8-5-14-4-3-9(8)16-18-11/h7,14H,3-6H2,1-2H3,(H,15,20)(H,16,18). The van der Waals surface area contributed by atoms with Crippen LogP contribution in [-0.2, 0) is 19.5 Å². The average Bonchev–Trinajstić information content (AvgIpc) is 3.11. The summed E-state index contributed by atoms with van der Waals surface area (Å²) in [7, 11) is 0. The Hall–Kier alpha value is -1.80. The fraction of sp³-hybridized carbons (Fsp3) is 0.538. The van der Waals surface area contributed by atoms with Crippen LogP contribution >= 0.6 is 11.3 Å². The summed E-state index contributed by atoms with van der Waals surface area (Å²) in [4.78, 5) is 12.2. The topological polar surface area (TPSA) is 95.6 Å². The van der Waals surface area contributed by atoms with E-state index in [1.807, 2.05) is 0 Å². The van der Waals surface area contributed by atoms with Crippen molar-refractivity contribution in [3.05, 3.63) is 27.0 Å². The van der Waals surface area contributed by atoms with E-state index in [1.54, 1.807) is 0 Å². The van der Waals surface area contributed by atoms with E-state index in [1.165, 1.54) is 11.3 Å².